The number of hydrogen-bond acceptors (Lipinski definition) is 5. The minimum Gasteiger partial charge on any atom is -0.361 e. The van der Waals surface area contributed by atoms with Crippen LogP contribution in [0.2, 0.25) is 0 Å². The highest BCUT2D eigenvalue weighted by Crippen LogP contribution is 2.46. The zero-order valence-corrected chi connectivity index (χ0v) is 20.0. The molecule has 176 valence electrons. The van der Waals surface area contributed by atoms with Gasteiger partial charge in [-0.05, 0) is 56.6 Å². The Hall–Kier alpha value is -3.16. The van der Waals surface area contributed by atoms with Crippen molar-refractivity contribution in [3.63, 3.8) is 0 Å². The highest BCUT2D eigenvalue weighted by molar-refractivity contribution is 6.10. The van der Waals surface area contributed by atoms with Gasteiger partial charge in [0, 0.05) is 11.3 Å². The third-order valence-corrected chi connectivity index (χ3v) is 6.78. The molecule has 8 heteroatoms. The van der Waals surface area contributed by atoms with Gasteiger partial charge in [0.1, 0.15) is 17.8 Å². The molecule has 1 saturated carbocycles. The Balaban J connectivity index is 1.59. The van der Waals surface area contributed by atoms with Gasteiger partial charge < -0.3 is 14.7 Å². The number of nitrogens with one attached hydrogen (secondary N) is 1. The Kier molecular flexibility index (Phi) is 5.80. The normalized spacial score (nSPS) is 24.3. The number of benzene rings is 1. The molecule has 2 aromatic rings. The first kappa shape index (κ1) is 23.0. The van der Waals surface area contributed by atoms with Crippen molar-refractivity contribution in [2.45, 2.75) is 66.0 Å². The Morgan fingerprint density at radius 3 is 2.52 bits per heavy atom. The lowest BCUT2D eigenvalue weighted by molar-refractivity contribution is -0.137. The van der Waals surface area contributed by atoms with Crippen molar-refractivity contribution in [3.8, 4) is 0 Å². The highest BCUT2D eigenvalue weighted by atomic mass is 16.5. The van der Waals surface area contributed by atoms with Crippen LogP contribution < -0.4 is 10.2 Å². The number of rotatable bonds is 5. The summed E-state index contributed by atoms with van der Waals surface area (Å²) >= 11 is 0. The number of nitrogens with zero attached hydrogens (tertiary/aromatic N) is 3. The molecule has 2 aliphatic rings. The standard InChI is InChI=1S/C25H32N4O4/c1-16-11-24(4,5)15-25(12-16)22(31)29(23(32)26-25)14-21(30)28(19-9-7-6-8-10-19)13-20-17(2)27-33-18(20)3/h6-10,16H,11-15H2,1-5H3,(H,26,32)/t16-,25+/m0/s1. The molecule has 4 rings (SSSR count). The van der Waals surface area contributed by atoms with Crippen LogP contribution in [0, 0.1) is 25.2 Å². The molecule has 1 spiro atoms. The number of carbonyl (C=O) groups is 3. The molecule has 2 fully saturated rings. The Bertz CT molecular complexity index is 1060. The number of carbonyl (C=O) groups excluding carboxylic acids is 3. The van der Waals surface area contributed by atoms with E-state index in [1.165, 1.54) is 0 Å². The second kappa shape index (κ2) is 8.32. The fourth-order valence-electron chi connectivity index (χ4n) is 5.69. The molecule has 8 nitrogen and oxygen atoms in total. The van der Waals surface area contributed by atoms with Gasteiger partial charge in [0.25, 0.3) is 5.91 Å². The van der Waals surface area contributed by atoms with Gasteiger partial charge in [-0.25, -0.2) is 4.79 Å². The molecule has 2 atom stereocenters. The maximum absolute atomic E-state index is 13.5. The number of aryl methyl sites for hydroxylation is 2. The van der Waals surface area contributed by atoms with E-state index in [1.807, 2.05) is 37.3 Å². The average molecular weight is 453 g/mol. The van der Waals surface area contributed by atoms with E-state index in [-0.39, 0.29) is 30.3 Å². The summed E-state index contributed by atoms with van der Waals surface area (Å²) in [7, 11) is 0. The maximum atomic E-state index is 13.5. The molecular formula is C25H32N4O4. The van der Waals surface area contributed by atoms with E-state index in [2.05, 4.69) is 31.2 Å². The third-order valence-electron chi connectivity index (χ3n) is 6.78. The number of aromatic nitrogens is 1. The molecule has 0 bridgehead atoms. The minimum atomic E-state index is -0.933. The summed E-state index contributed by atoms with van der Waals surface area (Å²) < 4.78 is 5.27. The van der Waals surface area contributed by atoms with Gasteiger partial charge in [0.2, 0.25) is 5.91 Å². The lowest BCUT2D eigenvalue weighted by Crippen LogP contribution is -2.54. The average Bonchev–Trinajstić information content (AvgIpc) is 3.15. The van der Waals surface area contributed by atoms with E-state index < -0.39 is 11.6 Å². The molecule has 1 aromatic carbocycles. The zero-order chi connectivity index (χ0) is 24.0. The first-order valence-electron chi connectivity index (χ1n) is 11.4. The number of anilines is 1. The lowest BCUT2D eigenvalue weighted by Gasteiger charge is -2.43. The third kappa shape index (κ3) is 4.38. The molecule has 1 saturated heterocycles. The SMILES string of the molecule is Cc1noc(C)c1CN(C(=O)CN1C(=O)N[C@@]2(C[C@@H](C)CC(C)(C)C2)C1=O)c1ccccc1. The van der Waals surface area contributed by atoms with Crippen LogP contribution >= 0.6 is 0 Å². The number of urea groups is 1. The van der Waals surface area contributed by atoms with Gasteiger partial charge in [-0.3, -0.25) is 14.5 Å². The van der Waals surface area contributed by atoms with E-state index in [0.717, 1.165) is 16.9 Å². The Morgan fingerprint density at radius 1 is 1.21 bits per heavy atom. The molecule has 1 aliphatic carbocycles. The predicted octanol–water partition coefficient (Wildman–Crippen LogP) is 3.96. The summed E-state index contributed by atoms with van der Waals surface area (Å²) in [5, 5.41) is 6.93. The summed E-state index contributed by atoms with van der Waals surface area (Å²) in [6.45, 7) is 9.90. The van der Waals surface area contributed by atoms with E-state index >= 15 is 0 Å². The van der Waals surface area contributed by atoms with Crippen LogP contribution in [0.4, 0.5) is 10.5 Å². The fraction of sp³-hybridized carbons (Fsp3) is 0.520. The number of hydrogen-bond donors (Lipinski definition) is 1. The van der Waals surface area contributed by atoms with Crippen LogP contribution in [0.25, 0.3) is 0 Å². The Morgan fingerprint density at radius 2 is 1.91 bits per heavy atom. The topological polar surface area (TPSA) is 95.8 Å². The van der Waals surface area contributed by atoms with Crippen LogP contribution in [0.3, 0.4) is 0 Å². The van der Waals surface area contributed by atoms with E-state index in [9.17, 15) is 14.4 Å². The fourth-order valence-corrected chi connectivity index (χ4v) is 5.69. The largest absolute Gasteiger partial charge is 0.361 e. The van der Waals surface area contributed by atoms with Crippen LogP contribution in [0.5, 0.6) is 0 Å². The van der Waals surface area contributed by atoms with Crippen molar-refractivity contribution >= 4 is 23.5 Å². The second-order valence-corrected chi connectivity index (χ2v) is 10.4. The monoisotopic (exact) mass is 452 g/mol. The van der Waals surface area contributed by atoms with Crippen LogP contribution in [0.1, 0.15) is 57.1 Å². The first-order valence-corrected chi connectivity index (χ1v) is 11.4. The summed E-state index contributed by atoms with van der Waals surface area (Å²) in [6, 6.07) is 8.72. The second-order valence-electron chi connectivity index (χ2n) is 10.4. The van der Waals surface area contributed by atoms with Gasteiger partial charge in [0.15, 0.2) is 0 Å². The molecular weight excluding hydrogens is 420 g/mol. The van der Waals surface area contributed by atoms with Gasteiger partial charge in [0.05, 0.1) is 12.2 Å². The minimum absolute atomic E-state index is 0.0694. The number of para-hydroxylation sites is 1. The molecule has 1 aromatic heterocycles. The lowest BCUT2D eigenvalue weighted by atomic mass is 9.64. The van der Waals surface area contributed by atoms with E-state index in [4.69, 9.17) is 4.52 Å². The quantitative estimate of drug-likeness (QED) is 0.693. The van der Waals surface area contributed by atoms with Crippen molar-refractivity contribution in [1.82, 2.24) is 15.4 Å². The highest BCUT2D eigenvalue weighted by Gasteiger charge is 2.56. The smallest absolute Gasteiger partial charge is 0.325 e. The van der Waals surface area contributed by atoms with Gasteiger partial charge >= 0.3 is 6.03 Å². The van der Waals surface area contributed by atoms with Crippen molar-refractivity contribution < 1.29 is 18.9 Å². The molecule has 1 N–H and O–H groups in total. The summed E-state index contributed by atoms with van der Waals surface area (Å²) in [5.74, 6) is 0.290. The molecule has 33 heavy (non-hydrogen) atoms. The van der Waals surface area contributed by atoms with Gasteiger partial charge in [-0.1, -0.05) is 44.1 Å². The van der Waals surface area contributed by atoms with Crippen LogP contribution in [0.15, 0.2) is 34.9 Å². The Labute approximate surface area is 194 Å². The van der Waals surface area contributed by atoms with Crippen molar-refractivity contribution in [2.24, 2.45) is 11.3 Å². The molecule has 1 aliphatic heterocycles. The number of amides is 4. The van der Waals surface area contributed by atoms with Crippen molar-refractivity contribution in [1.29, 1.82) is 0 Å². The molecule has 0 unspecified atom stereocenters. The van der Waals surface area contributed by atoms with Crippen LogP contribution in [-0.2, 0) is 16.1 Å². The predicted molar refractivity (Wildman–Crippen MR) is 123 cm³/mol. The first-order chi connectivity index (χ1) is 15.5. The van der Waals surface area contributed by atoms with Crippen molar-refractivity contribution in [2.75, 3.05) is 11.4 Å². The zero-order valence-electron chi connectivity index (χ0n) is 20.0. The summed E-state index contributed by atoms with van der Waals surface area (Å²) in [5.41, 5.74) is 1.19. The molecule has 2 heterocycles. The maximum Gasteiger partial charge on any atom is 0.325 e. The van der Waals surface area contributed by atoms with Gasteiger partial charge in [-0.15, -0.1) is 0 Å². The summed E-state index contributed by atoms with van der Waals surface area (Å²) in [6.07, 6.45) is 2.16. The van der Waals surface area contributed by atoms with Gasteiger partial charge in [-0.2, -0.15) is 0 Å². The van der Waals surface area contributed by atoms with Crippen molar-refractivity contribution in [3.05, 3.63) is 47.3 Å². The van der Waals surface area contributed by atoms with E-state index in [0.29, 0.717) is 35.9 Å². The summed E-state index contributed by atoms with van der Waals surface area (Å²) in [4.78, 5) is 42.5. The molecule has 0 radical (unpaired) electrons. The molecule has 4 amide bonds. The number of imide groups is 1. The van der Waals surface area contributed by atoms with Crippen LogP contribution in [-0.4, -0.2) is 40.0 Å². The van der Waals surface area contributed by atoms with E-state index in [1.54, 1.807) is 11.8 Å².